The summed E-state index contributed by atoms with van der Waals surface area (Å²) in [6.07, 6.45) is 49.6. The van der Waals surface area contributed by atoms with E-state index in [2.05, 4.69) is 73.4 Å². The van der Waals surface area contributed by atoms with E-state index in [-0.39, 0.29) is 97.4 Å². The molecule has 6 N–H and O–H groups in total. The van der Waals surface area contributed by atoms with Crippen molar-refractivity contribution < 1.29 is 28.8 Å². The van der Waals surface area contributed by atoms with Crippen molar-refractivity contribution in [3.63, 3.8) is 0 Å². The molecule has 484 valence electrons. The highest BCUT2D eigenvalue weighted by Crippen LogP contribution is 2.34. The van der Waals surface area contributed by atoms with Gasteiger partial charge in [-0.25, -0.2) is 0 Å². The van der Waals surface area contributed by atoms with Crippen LogP contribution in [0.4, 0.5) is 0 Å². The Bertz CT molecular complexity index is 1750. The van der Waals surface area contributed by atoms with Crippen LogP contribution in [-0.4, -0.2) is 71.7 Å². The highest BCUT2D eigenvalue weighted by molar-refractivity contribution is 5.91. The molecule has 0 aromatic rings. The van der Waals surface area contributed by atoms with E-state index in [1.807, 2.05) is 0 Å². The summed E-state index contributed by atoms with van der Waals surface area (Å²) in [7, 11) is 0. The minimum absolute atomic E-state index is 0.0640. The minimum atomic E-state index is -0.611. The molecule has 6 amide bonds. The lowest BCUT2D eigenvalue weighted by Crippen LogP contribution is -2.46. The van der Waals surface area contributed by atoms with Crippen LogP contribution in [0.15, 0.2) is 0 Å². The van der Waals surface area contributed by atoms with E-state index in [1.165, 1.54) is 173 Å². The molecule has 6 aliphatic rings. The van der Waals surface area contributed by atoms with E-state index in [0.29, 0.717) is 17.8 Å². The fourth-order valence-electron chi connectivity index (χ4n) is 16.0. The van der Waals surface area contributed by atoms with Crippen molar-refractivity contribution in [3.05, 3.63) is 0 Å². The van der Waals surface area contributed by atoms with E-state index in [0.717, 1.165) is 114 Å². The van der Waals surface area contributed by atoms with Gasteiger partial charge in [0.1, 0.15) is 0 Å². The lowest BCUT2D eigenvalue weighted by atomic mass is 9.82. The first-order valence-corrected chi connectivity index (χ1v) is 36.6. The molecule has 0 aromatic heterocycles. The summed E-state index contributed by atoms with van der Waals surface area (Å²) in [5, 5.41) is 19.6. The Labute approximate surface area is 514 Å². The largest absolute Gasteiger partial charge is 0.353 e. The summed E-state index contributed by atoms with van der Waals surface area (Å²) in [4.78, 5) is 80.2. The van der Waals surface area contributed by atoms with Crippen molar-refractivity contribution in [2.24, 2.45) is 47.3 Å². The van der Waals surface area contributed by atoms with Gasteiger partial charge in [0.15, 0.2) is 0 Å². The first-order valence-electron chi connectivity index (χ1n) is 36.6. The Hall–Kier alpha value is -3.18. The standard InChI is InChI=1S/2C36H65N3O3/c1-4-7-13-27-16-10-19-31(22-27)37-34(40)25-30(36(42)39-33-21-12-18-29(24-33)15-9-6-3)26-35(41)38-32-20-11-17-28(23-32)14-8-5-2;1-4-7-10-27-13-19-31(20-14-27)37-34(40)25-30(36(42)39-33-23-17-29(18-24-33)12-9-6-3)26-35(41)38-32-21-15-28(16-22-32)11-8-5-2/h2*27-33H,4-26H2,1-3H3,(H,37,40)(H,38,41)(H,39,42). The van der Waals surface area contributed by atoms with Gasteiger partial charge in [-0.3, -0.25) is 28.8 Å². The molecule has 0 aliphatic heterocycles. The van der Waals surface area contributed by atoms with Crippen LogP contribution in [0.25, 0.3) is 0 Å². The van der Waals surface area contributed by atoms with Crippen LogP contribution >= 0.6 is 0 Å². The molecule has 0 saturated heterocycles. The fraction of sp³-hybridized carbons (Fsp3) is 0.917. The first-order chi connectivity index (χ1) is 40.8. The molecule has 0 bridgehead atoms. The van der Waals surface area contributed by atoms with Gasteiger partial charge in [0.25, 0.3) is 0 Å². The summed E-state index contributed by atoms with van der Waals surface area (Å²) in [6, 6.07) is 1.14. The number of carbonyl (C=O) groups is 6. The molecular formula is C72H130N6O6. The molecule has 0 radical (unpaired) electrons. The van der Waals surface area contributed by atoms with Gasteiger partial charge in [-0.1, -0.05) is 196 Å². The zero-order chi connectivity index (χ0) is 60.3. The Morgan fingerprint density at radius 1 is 0.274 bits per heavy atom. The Balaban J connectivity index is 0.000000307. The van der Waals surface area contributed by atoms with Gasteiger partial charge in [-0.05, 0) is 151 Å². The SMILES string of the molecule is CCCCC1CCC(NC(=O)CC(CC(=O)NC2CCC(CCCC)CC2)C(=O)NC2CCC(CCCC)CC2)CC1.CCCCC1CCCC(NC(=O)CC(CC(=O)NC2CCCC(CCCC)C2)C(=O)NC2CCCC(CCCC)C2)C1. The van der Waals surface area contributed by atoms with Crippen molar-refractivity contribution >= 4 is 35.4 Å². The number of amides is 6. The van der Waals surface area contributed by atoms with Crippen molar-refractivity contribution in [1.29, 1.82) is 0 Å². The molecule has 6 rings (SSSR count). The lowest BCUT2D eigenvalue weighted by Gasteiger charge is -2.32. The third-order valence-corrected chi connectivity index (χ3v) is 21.3. The van der Waals surface area contributed by atoms with Gasteiger partial charge in [0, 0.05) is 61.9 Å². The maximum absolute atomic E-state index is 13.7. The van der Waals surface area contributed by atoms with Crippen molar-refractivity contribution in [2.75, 3.05) is 0 Å². The van der Waals surface area contributed by atoms with Gasteiger partial charge >= 0.3 is 0 Å². The lowest BCUT2D eigenvalue weighted by molar-refractivity contribution is -0.134. The van der Waals surface area contributed by atoms with Gasteiger partial charge in [0.2, 0.25) is 35.4 Å². The van der Waals surface area contributed by atoms with E-state index in [9.17, 15) is 28.8 Å². The number of carbonyl (C=O) groups excluding carboxylic acids is 6. The Kier molecular flexibility index (Phi) is 35.7. The summed E-state index contributed by atoms with van der Waals surface area (Å²) in [5.41, 5.74) is 0. The molecule has 0 aromatic carbocycles. The molecule has 84 heavy (non-hydrogen) atoms. The Morgan fingerprint density at radius 3 is 0.774 bits per heavy atom. The number of nitrogens with one attached hydrogen (secondary N) is 6. The maximum Gasteiger partial charge on any atom is 0.224 e. The van der Waals surface area contributed by atoms with Crippen LogP contribution < -0.4 is 31.9 Å². The smallest absolute Gasteiger partial charge is 0.224 e. The topological polar surface area (TPSA) is 175 Å². The predicted molar refractivity (Wildman–Crippen MR) is 346 cm³/mol. The minimum Gasteiger partial charge on any atom is -0.353 e. The second-order valence-corrected chi connectivity index (χ2v) is 28.7. The molecule has 6 aliphatic carbocycles. The van der Waals surface area contributed by atoms with E-state index >= 15 is 0 Å². The van der Waals surface area contributed by atoms with E-state index < -0.39 is 11.8 Å². The molecule has 12 nitrogen and oxygen atoms in total. The second kappa shape index (κ2) is 41.9. The number of hydrogen-bond donors (Lipinski definition) is 6. The first kappa shape index (κ1) is 71.6. The van der Waals surface area contributed by atoms with Crippen molar-refractivity contribution in [3.8, 4) is 0 Å². The summed E-state index contributed by atoms with van der Waals surface area (Å²) in [5.74, 6) is 2.72. The molecule has 6 unspecified atom stereocenters. The average Bonchev–Trinajstić information content (AvgIpc) is 3.64. The van der Waals surface area contributed by atoms with Gasteiger partial charge in [0.05, 0.1) is 11.8 Å². The van der Waals surface area contributed by atoms with Crippen LogP contribution in [0, 0.1) is 47.3 Å². The number of unbranched alkanes of at least 4 members (excludes halogenated alkanes) is 6. The third kappa shape index (κ3) is 28.8. The fourth-order valence-corrected chi connectivity index (χ4v) is 16.0. The molecule has 6 saturated carbocycles. The second-order valence-electron chi connectivity index (χ2n) is 28.7. The van der Waals surface area contributed by atoms with Crippen LogP contribution in [0.3, 0.4) is 0 Å². The van der Waals surface area contributed by atoms with E-state index in [1.54, 1.807) is 0 Å². The van der Waals surface area contributed by atoms with E-state index in [4.69, 9.17) is 0 Å². The molecular weight excluding hydrogens is 1040 g/mol. The maximum atomic E-state index is 13.7. The quantitative estimate of drug-likeness (QED) is 0.0374. The molecule has 0 spiro atoms. The average molecular weight is 1180 g/mol. The van der Waals surface area contributed by atoms with Gasteiger partial charge in [-0.15, -0.1) is 0 Å². The molecule has 0 heterocycles. The Morgan fingerprint density at radius 2 is 0.500 bits per heavy atom. The zero-order valence-electron chi connectivity index (χ0n) is 55.1. The number of rotatable bonds is 34. The van der Waals surface area contributed by atoms with Crippen molar-refractivity contribution in [2.45, 2.75) is 373 Å². The van der Waals surface area contributed by atoms with Crippen LogP contribution in [0.5, 0.6) is 0 Å². The predicted octanol–water partition coefficient (Wildman–Crippen LogP) is 16.0. The molecule has 6 atom stereocenters. The third-order valence-electron chi connectivity index (χ3n) is 21.3. The summed E-state index contributed by atoms with van der Waals surface area (Å²) < 4.78 is 0. The van der Waals surface area contributed by atoms with Crippen LogP contribution in [-0.2, 0) is 28.8 Å². The highest BCUT2D eigenvalue weighted by atomic mass is 16.2. The molecule has 12 heteroatoms. The van der Waals surface area contributed by atoms with Crippen LogP contribution in [0.1, 0.15) is 337 Å². The van der Waals surface area contributed by atoms with Crippen molar-refractivity contribution in [1.82, 2.24) is 31.9 Å². The normalized spacial score (nSPS) is 28.9. The van der Waals surface area contributed by atoms with Gasteiger partial charge in [-0.2, -0.15) is 0 Å². The van der Waals surface area contributed by atoms with Gasteiger partial charge < -0.3 is 31.9 Å². The number of hydrogen-bond acceptors (Lipinski definition) is 6. The van der Waals surface area contributed by atoms with Crippen LogP contribution in [0.2, 0.25) is 0 Å². The highest BCUT2D eigenvalue weighted by Gasteiger charge is 2.34. The zero-order valence-corrected chi connectivity index (χ0v) is 55.1. The summed E-state index contributed by atoms with van der Waals surface area (Å²) in [6.45, 7) is 13.4. The monoisotopic (exact) mass is 1180 g/mol. The molecule has 6 fully saturated rings. The summed E-state index contributed by atoms with van der Waals surface area (Å²) >= 11 is 0.